The van der Waals surface area contributed by atoms with Gasteiger partial charge in [0.1, 0.15) is 5.75 Å². The monoisotopic (exact) mass is 264 g/mol. The third-order valence-electron chi connectivity index (χ3n) is 2.41. The van der Waals surface area contributed by atoms with Crippen molar-refractivity contribution in [2.75, 3.05) is 0 Å². The zero-order chi connectivity index (χ0) is 13.3. The Morgan fingerprint density at radius 3 is 2.56 bits per heavy atom. The van der Waals surface area contributed by atoms with Gasteiger partial charge in [-0.3, -0.25) is 4.79 Å². The van der Waals surface area contributed by atoms with E-state index in [0.717, 1.165) is 0 Å². The second-order valence-electron chi connectivity index (χ2n) is 3.71. The van der Waals surface area contributed by atoms with Gasteiger partial charge in [-0.1, -0.05) is 23.7 Å². The number of esters is 1. The van der Waals surface area contributed by atoms with Gasteiger partial charge in [-0.05, 0) is 18.2 Å². The van der Waals surface area contributed by atoms with Gasteiger partial charge in [0.2, 0.25) is 0 Å². The largest absolute Gasteiger partial charge is 0.478 e. The molecule has 4 nitrogen and oxygen atoms in total. The van der Waals surface area contributed by atoms with E-state index in [0.29, 0.717) is 15.8 Å². The number of carboxylic acid groups (broad SMARTS) is 1. The van der Waals surface area contributed by atoms with Gasteiger partial charge in [-0.25, -0.2) is 4.79 Å². The molecular formula is C13H9ClO4. The summed E-state index contributed by atoms with van der Waals surface area (Å²) in [6, 6.07) is 7.83. The van der Waals surface area contributed by atoms with E-state index in [1.54, 1.807) is 18.2 Å². The Kier molecular flexibility index (Phi) is 3.21. The minimum atomic E-state index is -1.11. The van der Waals surface area contributed by atoms with E-state index in [1.165, 1.54) is 19.1 Å². The van der Waals surface area contributed by atoms with Crippen molar-refractivity contribution in [2.45, 2.75) is 6.92 Å². The van der Waals surface area contributed by atoms with Crippen LogP contribution in [0.5, 0.6) is 5.75 Å². The van der Waals surface area contributed by atoms with Gasteiger partial charge in [0.25, 0.3) is 0 Å². The number of halogens is 1. The lowest BCUT2D eigenvalue weighted by Gasteiger charge is -2.08. The van der Waals surface area contributed by atoms with Gasteiger partial charge in [0.05, 0.1) is 5.56 Å². The lowest BCUT2D eigenvalue weighted by atomic mass is 10.1. The van der Waals surface area contributed by atoms with Crippen LogP contribution in [-0.4, -0.2) is 17.0 Å². The lowest BCUT2D eigenvalue weighted by molar-refractivity contribution is -0.131. The molecule has 2 aromatic carbocycles. The van der Waals surface area contributed by atoms with Gasteiger partial charge in [0.15, 0.2) is 0 Å². The highest BCUT2D eigenvalue weighted by Crippen LogP contribution is 2.32. The molecule has 0 atom stereocenters. The molecule has 0 aliphatic rings. The third kappa shape index (κ3) is 2.28. The first kappa shape index (κ1) is 12.4. The SMILES string of the molecule is CC(=O)Oc1cc(C(=O)O)cc2c(Cl)cccc12. The van der Waals surface area contributed by atoms with Gasteiger partial charge in [-0.15, -0.1) is 0 Å². The van der Waals surface area contributed by atoms with Gasteiger partial charge < -0.3 is 9.84 Å². The number of hydrogen-bond donors (Lipinski definition) is 1. The molecule has 1 N–H and O–H groups in total. The highest BCUT2D eigenvalue weighted by Gasteiger charge is 2.13. The van der Waals surface area contributed by atoms with Gasteiger partial charge in [-0.2, -0.15) is 0 Å². The third-order valence-corrected chi connectivity index (χ3v) is 2.74. The van der Waals surface area contributed by atoms with Crippen molar-refractivity contribution in [1.29, 1.82) is 0 Å². The number of carbonyl (C=O) groups is 2. The summed E-state index contributed by atoms with van der Waals surface area (Å²) in [7, 11) is 0. The van der Waals surface area contributed by atoms with Crippen LogP contribution in [0.4, 0.5) is 0 Å². The van der Waals surface area contributed by atoms with Crippen molar-refractivity contribution in [3.8, 4) is 5.75 Å². The molecule has 0 spiro atoms. The average molecular weight is 265 g/mol. The molecule has 5 heteroatoms. The van der Waals surface area contributed by atoms with Crippen molar-refractivity contribution in [1.82, 2.24) is 0 Å². The highest BCUT2D eigenvalue weighted by atomic mass is 35.5. The molecule has 0 saturated heterocycles. The Hall–Kier alpha value is -2.07. The normalized spacial score (nSPS) is 10.3. The Labute approximate surface area is 108 Å². The van der Waals surface area contributed by atoms with Crippen molar-refractivity contribution in [2.24, 2.45) is 0 Å². The average Bonchev–Trinajstić information content (AvgIpc) is 2.29. The quantitative estimate of drug-likeness (QED) is 0.669. The maximum Gasteiger partial charge on any atom is 0.335 e. The van der Waals surface area contributed by atoms with E-state index >= 15 is 0 Å². The summed E-state index contributed by atoms with van der Waals surface area (Å²) < 4.78 is 5.01. The number of ether oxygens (including phenoxy) is 1. The molecular weight excluding hydrogens is 256 g/mol. The van der Waals surface area contributed by atoms with Crippen LogP contribution in [0.1, 0.15) is 17.3 Å². The fourth-order valence-corrected chi connectivity index (χ4v) is 1.91. The topological polar surface area (TPSA) is 63.6 Å². The highest BCUT2D eigenvalue weighted by molar-refractivity contribution is 6.35. The zero-order valence-corrected chi connectivity index (χ0v) is 10.2. The minimum absolute atomic E-state index is 0.0202. The van der Waals surface area contributed by atoms with Crippen molar-refractivity contribution in [3.05, 3.63) is 40.9 Å². The molecule has 0 fully saturated rings. The van der Waals surface area contributed by atoms with Crippen LogP contribution in [0.25, 0.3) is 10.8 Å². The first-order valence-electron chi connectivity index (χ1n) is 5.13. The van der Waals surface area contributed by atoms with Crippen molar-refractivity contribution >= 4 is 34.3 Å². The number of fused-ring (bicyclic) bond motifs is 1. The number of hydrogen-bond acceptors (Lipinski definition) is 3. The Balaban J connectivity index is 2.76. The van der Waals surface area contributed by atoms with Crippen molar-refractivity contribution in [3.63, 3.8) is 0 Å². The summed E-state index contributed by atoms with van der Waals surface area (Å²) in [4.78, 5) is 22.0. The second kappa shape index (κ2) is 4.66. The van der Waals surface area contributed by atoms with Gasteiger partial charge >= 0.3 is 11.9 Å². The molecule has 0 heterocycles. The summed E-state index contributed by atoms with van der Waals surface area (Å²) in [6.45, 7) is 1.25. The van der Waals surface area contributed by atoms with E-state index < -0.39 is 11.9 Å². The van der Waals surface area contributed by atoms with Crippen LogP contribution < -0.4 is 4.74 Å². The fourth-order valence-electron chi connectivity index (χ4n) is 1.68. The second-order valence-corrected chi connectivity index (χ2v) is 4.12. The molecule has 0 saturated carbocycles. The summed E-state index contributed by atoms with van der Waals surface area (Å²) in [5.74, 6) is -1.43. The van der Waals surface area contributed by atoms with Crippen molar-refractivity contribution < 1.29 is 19.4 Å². The molecule has 0 unspecified atom stereocenters. The zero-order valence-electron chi connectivity index (χ0n) is 9.44. The molecule has 0 aliphatic heterocycles. The Bertz CT molecular complexity index is 649. The first-order valence-corrected chi connectivity index (χ1v) is 5.51. The van der Waals surface area contributed by atoms with Crippen LogP contribution in [0, 0.1) is 0 Å². The Morgan fingerprint density at radius 2 is 1.94 bits per heavy atom. The maximum atomic E-state index is 11.0. The fraction of sp³-hybridized carbons (Fsp3) is 0.0769. The number of carbonyl (C=O) groups excluding carboxylic acids is 1. The lowest BCUT2D eigenvalue weighted by Crippen LogP contribution is -2.04. The van der Waals surface area contributed by atoms with E-state index in [4.69, 9.17) is 21.4 Å². The molecule has 0 aromatic heterocycles. The summed E-state index contributed by atoms with van der Waals surface area (Å²) in [5, 5.41) is 10.6. The summed E-state index contributed by atoms with van der Waals surface area (Å²) in [5.41, 5.74) is 0.0202. The standard InChI is InChI=1S/C13H9ClO4/c1-7(15)18-12-6-8(13(16)17)5-10-9(12)3-2-4-11(10)14/h2-6H,1H3,(H,16,17). The molecule has 0 aliphatic carbocycles. The van der Waals surface area contributed by atoms with E-state index in [-0.39, 0.29) is 11.3 Å². The number of aromatic carboxylic acids is 1. The molecule has 2 rings (SSSR count). The number of benzene rings is 2. The van der Waals surface area contributed by atoms with Gasteiger partial charge in [0, 0.05) is 22.7 Å². The smallest absolute Gasteiger partial charge is 0.335 e. The molecule has 2 aromatic rings. The number of carboxylic acids is 1. The van der Waals surface area contributed by atoms with Crippen LogP contribution >= 0.6 is 11.6 Å². The van der Waals surface area contributed by atoms with Crippen LogP contribution in [-0.2, 0) is 4.79 Å². The predicted octanol–water partition coefficient (Wildman–Crippen LogP) is 3.12. The molecule has 18 heavy (non-hydrogen) atoms. The molecule has 0 amide bonds. The molecule has 92 valence electrons. The minimum Gasteiger partial charge on any atom is -0.478 e. The van der Waals surface area contributed by atoms with Crippen LogP contribution in [0.2, 0.25) is 5.02 Å². The molecule has 0 bridgehead atoms. The van der Waals surface area contributed by atoms with Crippen LogP contribution in [0.3, 0.4) is 0 Å². The van der Waals surface area contributed by atoms with Crippen LogP contribution in [0.15, 0.2) is 30.3 Å². The Morgan fingerprint density at radius 1 is 1.22 bits per heavy atom. The predicted molar refractivity (Wildman–Crippen MR) is 67.2 cm³/mol. The number of rotatable bonds is 2. The molecule has 0 radical (unpaired) electrons. The van der Waals surface area contributed by atoms with E-state index in [1.807, 2.05) is 0 Å². The van der Waals surface area contributed by atoms with E-state index in [2.05, 4.69) is 0 Å². The van der Waals surface area contributed by atoms with E-state index in [9.17, 15) is 9.59 Å². The first-order chi connectivity index (χ1) is 8.49. The summed E-state index contributed by atoms with van der Waals surface area (Å²) in [6.07, 6.45) is 0. The summed E-state index contributed by atoms with van der Waals surface area (Å²) >= 11 is 6.01. The maximum absolute atomic E-state index is 11.0.